The van der Waals surface area contributed by atoms with Crippen molar-refractivity contribution in [2.24, 2.45) is 0 Å². The lowest BCUT2D eigenvalue weighted by Gasteiger charge is -2.19. The lowest BCUT2D eigenvalue weighted by atomic mass is 10.3. The van der Waals surface area contributed by atoms with E-state index in [0.29, 0.717) is 6.54 Å². The Hall–Kier alpha value is -2.04. The zero-order chi connectivity index (χ0) is 14.4. The Labute approximate surface area is 120 Å². The van der Waals surface area contributed by atoms with Gasteiger partial charge in [-0.15, -0.1) is 0 Å². The van der Waals surface area contributed by atoms with Crippen molar-refractivity contribution < 1.29 is 0 Å². The summed E-state index contributed by atoms with van der Waals surface area (Å²) in [5.41, 5.74) is 1.02. The smallest absolute Gasteiger partial charge is 0.128 e. The molecular weight excluding hydrogens is 250 g/mol. The van der Waals surface area contributed by atoms with Gasteiger partial charge in [-0.3, -0.25) is 0 Å². The van der Waals surface area contributed by atoms with E-state index < -0.39 is 0 Å². The SMILES string of the molecule is CCN(CC)c1ccc(NCc2nccn2CC)cn1. The Bertz CT molecular complexity index is 513. The van der Waals surface area contributed by atoms with Crippen molar-refractivity contribution in [2.45, 2.75) is 33.9 Å². The summed E-state index contributed by atoms with van der Waals surface area (Å²) in [6.45, 7) is 10.0. The van der Waals surface area contributed by atoms with Crippen LogP contribution in [0.2, 0.25) is 0 Å². The van der Waals surface area contributed by atoms with Crippen molar-refractivity contribution in [3.63, 3.8) is 0 Å². The summed E-state index contributed by atoms with van der Waals surface area (Å²) in [5.74, 6) is 2.07. The highest BCUT2D eigenvalue weighted by Crippen LogP contribution is 2.14. The molecule has 5 nitrogen and oxygen atoms in total. The summed E-state index contributed by atoms with van der Waals surface area (Å²) in [4.78, 5) is 11.1. The largest absolute Gasteiger partial charge is 0.377 e. The monoisotopic (exact) mass is 273 g/mol. The Morgan fingerprint density at radius 2 is 1.95 bits per heavy atom. The van der Waals surface area contributed by atoms with Gasteiger partial charge in [-0.2, -0.15) is 0 Å². The fourth-order valence-corrected chi connectivity index (χ4v) is 2.20. The first kappa shape index (κ1) is 14.4. The summed E-state index contributed by atoms with van der Waals surface area (Å²) in [6, 6.07) is 4.13. The van der Waals surface area contributed by atoms with Crippen LogP contribution in [0, 0.1) is 0 Å². The number of aryl methyl sites for hydroxylation is 1. The van der Waals surface area contributed by atoms with Crippen molar-refractivity contribution in [3.8, 4) is 0 Å². The molecule has 1 N–H and O–H groups in total. The summed E-state index contributed by atoms with van der Waals surface area (Å²) < 4.78 is 2.13. The van der Waals surface area contributed by atoms with Crippen LogP contribution in [-0.2, 0) is 13.1 Å². The predicted octanol–water partition coefficient (Wildman–Crippen LogP) is 2.76. The molecule has 0 saturated heterocycles. The van der Waals surface area contributed by atoms with Crippen LogP contribution in [0.1, 0.15) is 26.6 Å². The lowest BCUT2D eigenvalue weighted by Crippen LogP contribution is -2.22. The van der Waals surface area contributed by atoms with E-state index in [1.54, 1.807) is 0 Å². The van der Waals surface area contributed by atoms with Gasteiger partial charge >= 0.3 is 0 Å². The van der Waals surface area contributed by atoms with Crippen LogP contribution in [-0.4, -0.2) is 27.6 Å². The first-order valence-corrected chi connectivity index (χ1v) is 7.23. The van der Waals surface area contributed by atoms with E-state index in [4.69, 9.17) is 0 Å². The molecule has 0 aromatic carbocycles. The Morgan fingerprint density at radius 3 is 2.55 bits per heavy atom. The minimum Gasteiger partial charge on any atom is -0.377 e. The molecule has 2 aromatic rings. The van der Waals surface area contributed by atoms with Crippen molar-refractivity contribution in [1.29, 1.82) is 0 Å². The molecule has 0 radical (unpaired) electrons. The van der Waals surface area contributed by atoms with E-state index in [-0.39, 0.29) is 0 Å². The molecule has 0 amide bonds. The molecule has 20 heavy (non-hydrogen) atoms. The third kappa shape index (κ3) is 3.29. The van der Waals surface area contributed by atoms with Crippen LogP contribution in [0.5, 0.6) is 0 Å². The molecule has 0 aliphatic rings. The molecule has 5 heteroatoms. The summed E-state index contributed by atoms with van der Waals surface area (Å²) in [6.07, 6.45) is 5.72. The van der Waals surface area contributed by atoms with Gasteiger partial charge in [0, 0.05) is 32.0 Å². The number of pyridine rings is 1. The van der Waals surface area contributed by atoms with Crippen LogP contribution in [0.3, 0.4) is 0 Å². The maximum Gasteiger partial charge on any atom is 0.128 e. The number of nitrogens with zero attached hydrogens (tertiary/aromatic N) is 4. The second-order valence-corrected chi connectivity index (χ2v) is 4.56. The van der Waals surface area contributed by atoms with Gasteiger partial charge in [0.05, 0.1) is 18.4 Å². The highest BCUT2D eigenvalue weighted by molar-refractivity contribution is 5.48. The second-order valence-electron chi connectivity index (χ2n) is 4.56. The van der Waals surface area contributed by atoms with Gasteiger partial charge < -0.3 is 14.8 Å². The molecule has 0 spiro atoms. The van der Waals surface area contributed by atoms with Crippen LogP contribution in [0.4, 0.5) is 11.5 Å². The quantitative estimate of drug-likeness (QED) is 0.842. The molecule has 0 aliphatic carbocycles. The Balaban J connectivity index is 1.97. The molecule has 0 atom stereocenters. The molecule has 0 unspecified atom stereocenters. The third-order valence-electron chi connectivity index (χ3n) is 3.43. The van der Waals surface area contributed by atoms with E-state index >= 15 is 0 Å². The lowest BCUT2D eigenvalue weighted by molar-refractivity contribution is 0.708. The van der Waals surface area contributed by atoms with Gasteiger partial charge in [-0.25, -0.2) is 9.97 Å². The Morgan fingerprint density at radius 1 is 1.15 bits per heavy atom. The molecule has 0 aliphatic heterocycles. The third-order valence-corrected chi connectivity index (χ3v) is 3.43. The van der Waals surface area contributed by atoms with Crippen LogP contribution < -0.4 is 10.2 Å². The number of nitrogens with one attached hydrogen (secondary N) is 1. The fourth-order valence-electron chi connectivity index (χ4n) is 2.20. The van der Waals surface area contributed by atoms with Gasteiger partial charge in [0.15, 0.2) is 0 Å². The standard InChI is InChI=1S/C15H23N5/c1-4-19(5-2)14-8-7-13(11-18-14)17-12-15-16-9-10-20(15)6-3/h7-11,17H,4-6,12H2,1-3H3. The topological polar surface area (TPSA) is 46.0 Å². The van der Waals surface area contributed by atoms with Gasteiger partial charge in [0.1, 0.15) is 11.6 Å². The number of aromatic nitrogens is 3. The van der Waals surface area contributed by atoms with Crippen molar-refractivity contribution in [2.75, 3.05) is 23.3 Å². The van der Waals surface area contributed by atoms with E-state index in [1.165, 1.54) is 0 Å². The van der Waals surface area contributed by atoms with Gasteiger partial charge in [-0.05, 0) is 32.9 Å². The van der Waals surface area contributed by atoms with Crippen LogP contribution in [0.25, 0.3) is 0 Å². The average Bonchev–Trinajstić information content (AvgIpc) is 2.95. The minimum atomic E-state index is 0.715. The van der Waals surface area contributed by atoms with Crippen molar-refractivity contribution in [3.05, 3.63) is 36.5 Å². The molecule has 2 rings (SSSR count). The Kier molecular flexibility index (Phi) is 4.98. The average molecular weight is 273 g/mol. The minimum absolute atomic E-state index is 0.715. The summed E-state index contributed by atoms with van der Waals surface area (Å²) in [5, 5.41) is 3.36. The molecule has 108 valence electrons. The maximum absolute atomic E-state index is 4.50. The normalized spacial score (nSPS) is 10.6. The molecule has 0 saturated carbocycles. The molecule has 2 heterocycles. The van der Waals surface area contributed by atoms with Crippen LogP contribution >= 0.6 is 0 Å². The molecule has 2 aromatic heterocycles. The summed E-state index contributed by atoms with van der Waals surface area (Å²) in [7, 11) is 0. The number of imidazole rings is 1. The van der Waals surface area contributed by atoms with E-state index in [2.05, 4.69) is 57.7 Å². The first-order chi connectivity index (χ1) is 9.78. The van der Waals surface area contributed by atoms with Gasteiger partial charge in [0.2, 0.25) is 0 Å². The highest BCUT2D eigenvalue weighted by Gasteiger charge is 2.04. The number of hydrogen-bond donors (Lipinski definition) is 1. The zero-order valence-electron chi connectivity index (χ0n) is 12.5. The number of rotatable bonds is 7. The molecular formula is C15H23N5. The predicted molar refractivity (Wildman–Crippen MR) is 83.0 cm³/mol. The van der Waals surface area contributed by atoms with Gasteiger partial charge in [-0.1, -0.05) is 0 Å². The first-order valence-electron chi connectivity index (χ1n) is 7.23. The maximum atomic E-state index is 4.50. The van der Waals surface area contributed by atoms with E-state index in [1.807, 2.05) is 18.6 Å². The summed E-state index contributed by atoms with van der Waals surface area (Å²) >= 11 is 0. The van der Waals surface area contributed by atoms with Crippen molar-refractivity contribution in [1.82, 2.24) is 14.5 Å². The zero-order valence-corrected chi connectivity index (χ0v) is 12.5. The highest BCUT2D eigenvalue weighted by atomic mass is 15.2. The molecule has 0 fully saturated rings. The second kappa shape index (κ2) is 6.93. The molecule has 0 bridgehead atoms. The van der Waals surface area contributed by atoms with Crippen molar-refractivity contribution >= 4 is 11.5 Å². The number of anilines is 2. The van der Waals surface area contributed by atoms with E-state index in [9.17, 15) is 0 Å². The van der Waals surface area contributed by atoms with Gasteiger partial charge in [0.25, 0.3) is 0 Å². The number of hydrogen-bond acceptors (Lipinski definition) is 4. The van der Waals surface area contributed by atoms with E-state index in [0.717, 1.165) is 37.0 Å². The fraction of sp³-hybridized carbons (Fsp3) is 0.467. The van der Waals surface area contributed by atoms with Crippen LogP contribution in [0.15, 0.2) is 30.7 Å².